The normalized spacial score (nSPS) is 12.2. The number of nitrogens with two attached hydrogens (primary N) is 1. The summed E-state index contributed by atoms with van der Waals surface area (Å²) in [5.74, 6) is 0. The lowest BCUT2D eigenvalue weighted by Gasteiger charge is -2.24. The zero-order valence-corrected chi connectivity index (χ0v) is 13.3. The van der Waals surface area contributed by atoms with E-state index in [0.29, 0.717) is 0 Å². The van der Waals surface area contributed by atoms with Gasteiger partial charge in [0.2, 0.25) is 0 Å². The minimum absolute atomic E-state index is 0.234. The predicted molar refractivity (Wildman–Crippen MR) is 91.7 cm³/mol. The van der Waals surface area contributed by atoms with Crippen LogP contribution in [0.5, 0.6) is 0 Å². The summed E-state index contributed by atoms with van der Waals surface area (Å²) in [5.41, 5.74) is 11.5. The van der Waals surface area contributed by atoms with Gasteiger partial charge in [-0.05, 0) is 42.5 Å². The van der Waals surface area contributed by atoms with Gasteiger partial charge in [0.25, 0.3) is 0 Å². The molecule has 1 unspecified atom stereocenters. The molecule has 21 heavy (non-hydrogen) atoms. The van der Waals surface area contributed by atoms with Gasteiger partial charge in [0.1, 0.15) is 0 Å². The Balaban J connectivity index is 2.19. The predicted octanol–water partition coefficient (Wildman–Crippen LogP) is 3.91. The first-order valence-corrected chi connectivity index (χ1v) is 7.71. The van der Waals surface area contributed by atoms with Crippen LogP contribution in [0.25, 0.3) is 0 Å². The Bertz CT molecular complexity index is 577. The number of anilines is 1. The molecule has 0 fully saturated rings. The minimum Gasteiger partial charge on any atom is -0.370 e. The first kappa shape index (κ1) is 15.6. The van der Waals surface area contributed by atoms with Crippen LogP contribution in [-0.2, 0) is 13.0 Å². The molecule has 2 nitrogen and oxygen atoms in total. The summed E-state index contributed by atoms with van der Waals surface area (Å²) in [6.45, 7) is 5.23. The van der Waals surface area contributed by atoms with Crippen LogP contribution < -0.4 is 10.6 Å². The summed E-state index contributed by atoms with van der Waals surface area (Å²) in [6.07, 6.45) is 1.95. The highest BCUT2D eigenvalue weighted by Crippen LogP contribution is 2.23. The van der Waals surface area contributed by atoms with Gasteiger partial charge >= 0.3 is 0 Å². The SMILES string of the molecule is CCC(N)Cc1ccccc1N(C)Cc1ccccc1C. The Morgan fingerprint density at radius 1 is 1.00 bits per heavy atom. The molecular weight excluding hydrogens is 256 g/mol. The summed E-state index contributed by atoms with van der Waals surface area (Å²) in [7, 11) is 2.16. The van der Waals surface area contributed by atoms with E-state index in [1.165, 1.54) is 22.4 Å². The molecule has 0 radical (unpaired) electrons. The quantitative estimate of drug-likeness (QED) is 0.870. The fraction of sp³-hybridized carbons (Fsp3) is 0.368. The molecule has 0 aliphatic rings. The van der Waals surface area contributed by atoms with E-state index < -0.39 is 0 Å². The number of para-hydroxylation sites is 1. The third kappa shape index (κ3) is 4.08. The molecule has 0 aliphatic carbocycles. The Morgan fingerprint density at radius 2 is 1.62 bits per heavy atom. The van der Waals surface area contributed by atoms with Gasteiger partial charge in [-0.1, -0.05) is 49.4 Å². The van der Waals surface area contributed by atoms with Gasteiger partial charge in [-0.25, -0.2) is 0 Å². The lowest BCUT2D eigenvalue weighted by molar-refractivity contribution is 0.645. The van der Waals surface area contributed by atoms with E-state index in [1.54, 1.807) is 0 Å². The average Bonchev–Trinajstić information content (AvgIpc) is 2.50. The Kier molecular flexibility index (Phi) is 5.40. The Hall–Kier alpha value is -1.80. The second kappa shape index (κ2) is 7.28. The molecule has 1 atom stereocenters. The van der Waals surface area contributed by atoms with Gasteiger partial charge in [0.15, 0.2) is 0 Å². The van der Waals surface area contributed by atoms with Gasteiger partial charge in [-0.3, -0.25) is 0 Å². The Labute approximate surface area is 128 Å². The standard InChI is InChI=1S/C19H26N2/c1-4-18(20)13-16-10-7-8-12-19(16)21(3)14-17-11-6-5-9-15(17)2/h5-12,18H,4,13-14,20H2,1-3H3. The zero-order valence-electron chi connectivity index (χ0n) is 13.3. The van der Waals surface area contributed by atoms with E-state index >= 15 is 0 Å². The number of hydrogen-bond donors (Lipinski definition) is 1. The average molecular weight is 282 g/mol. The molecule has 0 heterocycles. The van der Waals surface area contributed by atoms with Crippen LogP contribution in [0.4, 0.5) is 5.69 Å². The van der Waals surface area contributed by atoms with Crippen LogP contribution in [0, 0.1) is 6.92 Å². The summed E-state index contributed by atoms with van der Waals surface area (Å²) in [6, 6.07) is 17.4. The van der Waals surface area contributed by atoms with E-state index in [0.717, 1.165) is 19.4 Å². The molecule has 0 aliphatic heterocycles. The van der Waals surface area contributed by atoms with E-state index in [4.69, 9.17) is 5.73 Å². The van der Waals surface area contributed by atoms with Crippen molar-refractivity contribution in [1.29, 1.82) is 0 Å². The molecule has 0 bridgehead atoms. The molecule has 112 valence electrons. The number of aryl methyl sites for hydroxylation is 1. The molecule has 2 aromatic carbocycles. The number of benzene rings is 2. The second-order valence-corrected chi connectivity index (χ2v) is 5.78. The zero-order chi connectivity index (χ0) is 15.2. The van der Waals surface area contributed by atoms with Gasteiger partial charge in [0, 0.05) is 25.3 Å². The molecule has 2 heteroatoms. The molecule has 0 saturated heterocycles. The van der Waals surface area contributed by atoms with Gasteiger partial charge in [0.05, 0.1) is 0 Å². The van der Waals surface area contributed by atoms with Crippen molar-refractivity contribution in [2.24, 2.45) is 5.73 Å². The fourth-order valence-electron chi connectivity index (χ4n) is 2.61. The fourth-order valence-corrected chi connectivity index (χ4v) is 2.61. The van der Waals surface area contributed by atoms with Crippen molar-refractivity contribution < 1.29 is 0 Å². The van der Waals surface area contributed by atoms with E-state index in [-0.39, 0.29) is 6.04 Å². The molecule has 2 rings (SSSR count). The lowest BCUT2D eigenvalue weighted by Crippen LogP contribution is -2.24. The minimum atomic E-state index is 0.234. The highest BCUT2D eigenvalue weighted by Gasteiger charge is 2.10. The topological polar surface area (TPSA) is 29.3 Å². The van der Waals surface area contributed by atoms with Crippen LogP contribution in [0.15, 0.2) is 48.5 Å². The van der Waals surface area contributed by atoms with Crippen molar-refractivity contribution in [2.75, 3.05) is 11.9 Å². The van der Waals surface area contributed by atoms with Crippen molar-refractivity contribution in [3.63, 3.8) is 0 Å². The maximum atomic E-state index is 6.13. The van der Waals surface area contributed by atoms with Crippen LogP contribution in [0.1, 0.15) is 30.0 Å². The van der Waals surface area contributed by atoms with E-state index in [9.17, 15) is 0 Å². The van der Waals surface area contributed by atoms with E-state index in [1.807, 2.05) is 0 Å². The number of rotatable bonds is 6. The maximum absolute atomic E-state index is 6.13. The molecule has 0 saturated carbocycles. The highest BCUT2D eigenvalue weighted by atomic mass is 15.1. The molecular formula is C19H26N2. The van der Waals surface area contributed by atoms with Crippen molar-refractivity contribution in [3.8, 4) is 0 Å². The number of nitrogens with zero attached hydrogens (tertiary/aromatic N) is 1. The van der Waals surface area contributed by atoms with Crippen molar-refractivity contribution >= 4 is 5.69 Å². The first-order chi connectivity index (χ1) is 10.1. The summed E-state index contributed by atoms with van der Waals surface area (Å²) < 4.78 is 0. The van der Waals surface area contributed by atoms with Crippen molar-refractivity contribution in [2.45, 2.75) is 39.3 Å². The number of hydrogen-bond acceptors (Lipinski definition) is 2. The molecule has 0 aromatic heterocycles. The third-order valence-electron chi connectivity index (χ3n) is 4.08. The summed E-state index contributed by atoms with van der Waals surface area (Å²) in [4.78, 5) is 2.32. The molecule has 0 amide bonds. The van der Waals surface area contributed by atoms with Gasteiger partial charge < -0.3 is 10.6 Å². The van der Waals surface area contributed by atoms with Crippen LogP contribution in [-0.4, -0.2) is 13.1 Å². The second-order valence-electron chi connectivity index (χ2n) is 5.78. The molecule has 2 N–H and O–H groups in total. The van der Waals surface area contributed by atoms with Gasteiger partial charge in [-0.2, -0.15) is 0 Å². The van der Waals surface area contributed by atoms with Crippen molar-refractivity contribution in [1.82, 2.24) is 0 Å². The van der Waals surface area contributed by atoms with Gasteiger partial charge in [-0.15, -0.1) is 0 Å². The smallest absolute Gasteiger partial charge is 0.0428 e. The molecule has 2 aromatic rings. The van der Waals surface area contributed by atoms with Crippen LogP contribution in [0.2, 0.25) is 0 Å². The highest BCUT2D eigenvalue weighted by molar-refractivity contribution is 5.54. The lowest BCUT2D eigenvalue weighted by atomic mass is 10.0. The first-order valence-electron chi connectivity index (χ1n) is 7.71. The van der Waals surface area contributed by atoms with Crippen molar-refractivity contribution in [3.05, 3.63) is 65.2 Å². The third-order valence-corrected chi connectivity index (χ3v) is 4.08. The largest absolute Gasteiger partial charge is 0.370 e. The Morgan fingerprint density at radius 3 is 2.29 bits per heavy atom. The van der Waals surface area contributed by atoms with E-state index in [2.05, 4.69) is 74.3 Å². The monoisotopic (exact) mass is 282 g/mol. The molecule has 0 spiro atoms. The van der Waals surface area contributed by atoms with Crippen LogP contribution >= 0.6 is 0 Å². The van der Waals surface area contributed by atoms with Crippen LogP contribution in [0.3, 0.4) is 0 Å². The maximum Gasteiger partial charge on any atom is 0.0428 e. The summed E-state index contributed by atoms with van der Waals surface area (Å²) >= 11 is 0. The summed E-state index contributed by atoms with van der Waals surface area (Å²) in [5, 5.41) is 0.